The summed E-state index contributed by atoms with van der Waals surface area (Å²) in [4.78, 5) is 37.8. The zero-order valence-electron chi connectivity index (χ0n) is 20.1. The van der Waals surface area contributed by atoms with Gasteiger partial charge in [-0.2, -0.15) is 8.42 Å². The summed E-state index contributed by atoms with van der Waals surface area (Å²) in [6.45, 7) is 1.41. The van der Waals surface area contributed by atoms with Crippen molar-refractivity contribution >= 4 is 62.3 Å². The Kier molecular flexibility index (Phi) is 8.10. The van der Waals surface area contributed by atoms with Crippen molar-refractivity contribution in [2.45, 2.75) is 18.4 Å². The summed E-state index contributed by atoms with van der Waals surface area (Å²) in [6.07, 6.45) is 1.48. The second-order valence-corrected chi connectivity index (χ2v) is 11.0. The van der Waals surface area contributed by atoms with Gasteiger partial charge in [-0.25, -0.2) is 0 Å². The maximum Gasteiger partial charge on any atom is 0.339 e. The van der Waals surface area contributed by atoms with E-state index in [0.29, 0.717) is 21.8 Å². The topological polar surface area (TPSA) is 119 Å². The lowest BCUT2D eigenvalue weighted by atomic mass is 10.1. The van der Waals surface area contributed by atoms with Crippen LogP contribution in [0.2, 0.25) is 5.02 Å². The number of nitrogens with one attached hydrogen (secondary N) is 1. The van der Waals surface area contributed by atoms with E-state index >= 15 is 0 Å². The number of benzene rings is 3. The number of ether oxygens (including phenoxy) is 1. The number of carbonyl (C=O) groups excluding carboxylic acids is 3. The number of methoxy groups -OCH3 is 1. The largest absolute Gasteiger partial charge is 0.493 e. The van der Waals surface area contributed by atoms with Crippen molar-refractivity contribution in [3.05, 3.63) is 87.8 Å². The molecule has 0 saturated carbocycles. The molecule has 38 heavy (non-hydrogen) atoms. The molecular weight excluding hydrogens is 552 g/mol. The predicted octanol–water partition coefficient (Wildman–Crippen LogP) is 5.31. The lowest BCUT2D eigenvalue weighted by Gasteiger charge is -2.13. The SMILES string of the molecule is COc1ccc(/C=C2\SC(=O)N(Cc3cccc(Cl)c3)C2=O)cc1OS(=O)(=O)c1ccc(NC(C)=O)cc1. The first kappa shape index (κ1) is 27.2. The number of imide groups is 1. The molecule has 4 rings (SSSR count). The third-order valence-electron chi connectivity index (χ3n) is 5.25. The summed E-state index contributed by atoms with van der Waals surface area (Å²) < 4.78 is 36.4. The van der Waals surface area contributed by atoms with E-state index in [9.17, 15) is 22.8 Å². The van der Waals surface area contributed by atoms with Crippen LogP contribution in [0.1, 0.15) is 18.1 Å². The predicted molar refractivity (Wildman–Crippen MR) is 145 cm³/mol. The highest BCUT2D eigenvalue weighted by atomic mass is 35.5. The number of thioether (sulfide) groups is 1. The van der Waals surface area contributed by atoms with Crippen molar-refractivity contribution in [2.75, 3.05) is 12.4 Å². The molecule has 3 amide bonds. The molecule has 3 aromatic rings. The van der Waals surface area contributed by atoms with Gasteiger partial charge in [0.25, 0.3) is 11.1 Å². The van der Waals surface area contributed by atoms with Crippen LogP contribution in [0, 0.1) is 0 Å². The van der Waals surface area contributed by atoms with Gasteiger partial charge in [0.15, 0.2) is 11.5 Å². The highest BCUT2D eigenvalue weighted by Gasteiger charge is 2.35. The summed E-state index contributed by atoms with van der Waals surface area (Å²) in [5.41, 5.74) is 1.56. The van der Waals surface area contributed by atoms with E-state index in [0.717, 1.165) is 16.7 Å². The monoisotopic (exact) mass is 572 g/mol. The quantitative estimate of drug-likeness (QED) is 0.285. The fraction of sp³-hybridized carbons (Fsp3) is 0.115. The lowest BCUT2D eigenvalue weighted by molar-refractivity contribution is -0.123. The fourth-order valence-corrected chi connectivity index (χ4v) is 5.51. The maximum absolute atomic E-state index is 12.9. The van der Waals surface area contributed by atoms with Crippen molar-refractivity contribution < 1.29 is 31.7 Å². The number of hydrogen-bond acceptors (Lipinski definition) is 8. The Bertz CT molecular complexity index is 1550. The van der Waals surface area contributed by atoms with E-state index in [-0.39, 0.29) is 33.8 Å². The molecule has 0 spiro atoms. The molecule has 0 bridgehead atoms. The minimum Gasteiger partial charge on any atom is -0.493 e. The Morgan fingerprint density at radius 2 is 1.79 bits per heavy atom. The van der Waals surface area contributed by atoms with Crippen LogP contribution >= 0.6 is 23.4 Å². The Balaban J connectivity index is 1.56. The van der Waals surface area contributed by atoms with Gasteiger partial charge in [-0.05, 0) is 77.5 Å². The number of anilines is 1. The number of hydrogen-bond donors (Lipinski definition) is 1. The average molecular weight is 573 g/mol. The molecule has 0 radical (unpaired) electrons. The second kappa shape index (κ2) is 11.3. The van der Waals surface area contributed by atoms with Crippen LogP contribution in [0.15, 0.2) is 76.5 Å². The number of nitrogens with zero attached hydrogens (tertiary/aromatic N) is 1. The normalized spacial score (nSPS) is 14.6. The molecule has 1 fully saturated rings. The smallest absolute Gasteiger partial charge is 0.339 e. The Hall–Kier alpha value is -3.80. The number of carbonyl (C=O) groups is 3. The van der Waals surface area contributed by atoms with Gasteiger partial charge in [-0.1, -0.05) is 29.8 Å². The van der Waals surface area contributed by atoms with Crippen LogP contribution in [-0.4, -0.2) is 37.5 Å². The van der Waals surface area contributed by atoms with Crippen molar-refractivity contribution in [3.63, 3.8) is 0 Å². The summed E-state index contributed by atoms with van der Waals surface area (Å²) >= 11 is 6.78. The first-order valence-electron chi connectivity index (χ1n) is 11.1. The third kappa shape index (κ3) is 6.36. The van der Waals surface area contributed by atoms with E-state index < -0.39 is 21.3 Å². The number of halogens is 1. The summed E-state index contributed by atoms with van der Waals surface area (Å²) in [6, 6.07) is 16.8. The van der Waals surface area contributed by atoms with Crippen molar-refractivity contribution in [1.82, 2.24) is 4.90 Å². The van der Waals surface area contributed by atoms with Gasteiger partial charge in [-0.15, -0.1) is 0 Å². The summed E-state index contributed by atoms with van der Waals surface area (Å²) in [7, 11) is -2.90. The molecule has 1 saturated heterocycles. The van der Waals surface area contributed by atoms with Crippen LogP contribution in [-0.2, 0) is 26.3 Å². The zero-order chi connectivity index (χ0) is 27.4. The molecule has 0 aliphatic carbocycles. The van der Waals surface area contributed by atoms with Gasteiger partial charge < -0.3 is 14.2 Å². The molecule has 0 aromatic heterocycles. The molecular formula is C26H21ClN2O7S2. The Morgan fingerprint density at radius 3 is 2.45 bits per heavy atom. The molecule has 12 heteroatoms. The standard InChI is InChI=1S/C26H21ClN2O7S2/c1-16(30)28-20-7-9-21(10-8-20)38(33,34)36-23-13-17(6-11-22(23)35-2)14-24-25(31)29(26(32)37-24)15-18-4-3-5-19(27)12-18/h3-14H,15H2,1-2H3,(H,28,30)/b24-14-. The minimum absolute atomic E-state index is 0.0680. The average Bonchev–Trinajstić information content (AvgIpc) is 3.11. The van der Waals surface area contributed by atoms with E-state index in [1.807, 2.05) is 0 Å². The van der Waals surface area contributed by atoms with Crippen molar-refractivity contribution in [2.24, 2.45) is 0 Å². The van der Waals surface area contributed by atoms with E-state index in [4.69, 9.17) is 20.5 Å². The highest BCUT2D eigenvalue weighted by molar-refractivity contribution is 8.18. The Labute approximate surface area is 228 Å². The molecule has 9 nitrogen and oxygen atoms in total. The van der Waals surface area contributed by atoms with E-state index in [1.165, 1.54) is 56.5 Å². The van der Waals surface area contributed by atoms with Crippen LogP contribution < -0.4 is 14.2 Å². The molecule has 0 atom stereocenters. The summed E-state index contributed by atoms with van der Waals surface area (Å²) in [5, 5.41) is 2.62. The number of amides is 3. The van der Waals surface area contributed by atoms with Crippen molar-refractivity contribution in [1.29, 1.82) is 0 Å². The molecule has 1 N–H and O–H groups in total. The molecule has 1 aliphatic heterocycles. The van der Waals surface area contributed by atoms with E-state index in [1.54, 1.807) is 30.3 Å². The van der Waals surface area contributed by atoms with Gasteiger partial charge in [0.1, 0.15) is 4.90 Å². The van der Waals surface area contributed by atoms with Crippen LogP contribution in [0.4, 0.5) is 10.5 Å². The molecule has 196 valence electrons. The molecule has 0 unspecified atom stereocenters. The minimum atomic E-state index is -4.26. The maximum atomic E-state index is 12.9. The van der Waals surface area contributed by atoms with Gasteiger partial charge in [0.05, 0.1) is 18.6 Å². The summed E-state index contributed by atoms with van der Waals surface area (Å²) in [5.74, 6) is -0.731. The third-order valence-corrected chi connectivity index (χ3v) is 7.64. The molecule has 1 heterocycles. The first-order valence-corrected chi connectivity index (χ1v) is 13.7. The Morgan fingerprint density at radius 1 is 1.05 bits per heavy atom. The van der Waals surface area contributed by atoms with Crippen molar-refractivity contribution in [3.8, 4) is 11.5 Å². The van der Waals surface area contributed by atoms with Gasteiger partial charge in [-0.3, -0.25) is 19.3 Å². The van der Waals surface area contributed by atoms with Crippen LogP contribution in [0.25, 0.3) is 6.08 Å². The van der Waals surface area contributed by atoms with Gasteiger partial charge >= 0.3 is 10.1 Å². The van der Waals surface area contributed by atoms with Gasteiger partial charge in [0, 0.05) is 17.6 Å². The van der Waals surface area contributed by atoms with Gasteiger partial charge in [0.2, 0.25) is 5.91 Å². The second-order valence-electron chi connectivity index (χ2n) is 8.05. The first-order chi connectivity index (χ1) is 18.1. The van der Waals surface area contributed by atoms with Crippen LogP contribution in [0.5, 0.6) is 11.5 Å². The highest BCUT2D eigenvalue weighted by Crippen LogP contribution is 2.36. The fourth-order valence-electron chi connectivity index (χ4n) is 3.53. The van der Waals surface area contributed by atoms with E-state index in [2.05, 4.69) is 5.32 Å². The molecule has 3 aromatic carbocycles. The number of rotatable bonds is 8. The zero-order valence-corrected chi connectivity index (χ0v) is 22.5. The lowest BCUT2D eigenvalue weighted by Crippen LogP contribution is -2.27. The van der Waals surface area contributed by atoms with Crippen LogP contribution in [0.3, 0.4) is 0 Å². The molecule has 1 aliphatic rings.